The van der Waals surface area contributed by atoms with E-state index in [-0.39, 0.29) is 6.61 Å². The highest BCUT2D eigenvalue weighted by molar-refractivity contribution is 4.95. The molecule has 15 nitrogen and oxygen atoms in total. The van der Waals surface area contributed by atoms with Gasteiger partial charge in [-0.3, -0.25) is 0 Å². The van der Waals surface area contributed by atoms with Crippen LogP contribution >= 0.6 is 0 Å². The van der Waals surface area contributed by atoms with Crippen LogP contribution in [0.15, 0.2) is 0 Å². The molecule has 0 saturated carbocycles. The van der Waals surface area contributed by atoms with Crippen LogP contribution in [0.4, 0.5) is 4.39 Å². The van der Waals surface area contributed by atoms with E-state index in [0.717, 1.165) is 0 Å². The highest BCUT2D eigenvalue weighted by atomic mass is 19.1. The van der Waals surface area contributed by atoms with Crippen LogP contribution in [0.1, 0.15) is 13.3 Å². The van der Waals surface area contributed by atoms with E-state index < -0.39 is 112 Å². The van der Waals surface area contributed by atoms with Gasteiger partial charge >= 0.3 is 0 Å². The molecule has 0 amide bonds. The van der Waals surface area contributed by atoms with Gasteiger partial charge in [0.1, 0.15) is 67.1 Å². The summed E-state index contributed by atoms with van der Waals surface area (Å²) in [5.41, 5.74) is 0. The summed E-state index contributed by atoms with van der Waals surface area (Å²) >= 11 is 0. The van der Waals surface area contributed by atoms with E-state index in [9.17, 15) is 46.0 Å². The smallest absolute Gasteiger partial charge is 0.192 e. The lowest BCUT2D eigenvalue weighted by atomic mass is 9.97. The van der Waals surface area contributed by atoms with Gasteiger partial charge in [0.05, 0.1) is 19.8 Å². The van der Waals surface area contributed by atoms with E-state index in [1.54, 1.807) is 6.92 Å². The Bertz CT molecular complexity index is 688. The maximum Gasteiger partial charge on any atom is 0.192 e. The van der Waals surface area contributed by atoms with Crippen molar-refractivity contribution in [3.63, 3.8) is 0 Å². The lowest BCUT2D eigenvalue weighted by Crippen LogP contribution is -2.64. The Morgan fingerprint density at radius 3 is 1.68 bits per heavy atom. The molecule has 16 heteroatoms. The average molecular weight is 549 g/mol. The SMILES string of the molecule is CCCO[C@H]1O[C@H](COC2O[C@H](CO)[C@@H](O)[C@H](O)[C@@H]2O)[C@@H](O)[C@H](O[C@H]2O[C@H](CO)[C@@H](O)[C@H](O)[C@@H]2O)[C@H]1F. The molecule has 3 aliphatic rings. The second kappa shape index (κ2) is 13.6. The lowest BCUT2D eigenvalue weighted by molar-refractivity contribution is -0.359. The van der Waals surface area contributed by atoms with Gasteiger partial charge in [-0.15, -0.1) is 0 Å². The summed E-state index contributed by atoms with van der Waals surface area (Å²) in [6.45, 7) is -0.200. The molecule has 15 atom stereocenters. The van der Waals surface area contributed by atoms with E-state index in [4.69, 9.17) is 28.4 Å². The number of hydrogen-bond acceptors (Lipinski definition) is 15. The number of halogens is 1. The first-order valence-corrected chi connectivity index (χ1v) is 12.0. The molecule has 1 unspecified atom stereocenters. The van der Waals surface area contributed by atoms with Crippen LogP contribution in [-0.4, -0.2) is 165 Å². The fraction of sp³-hybridized carbons (Fsp3) is 1.00. The summed E-state index contributed by atoms with van der Waals surface area (Å²) in [5.74, 6) is 0. The van der Waals surface area contributed by atoms with Gasteiger partial charge in [-0.1, -0.05) is 6.92 Å². The van der Waals surface area contributed by atoms with Crippen molar-refractivity contribution in [2.45, 2.75) is 106 Å². The molecule has 3 heterocycles. The van der Waals surface area contributed by atoms with Gasteiger partial charge in [-0.25, -0.2) is 4.39 Å². The molecule has 3 rings (SSSR count). The zero-order valence-electron chi connectivity index (χ0n) is 20.0. The molecular weight excluding hydrogens is 511 g/mol. The minimum Gasteiger partial charge on any atom is -0.394 e. The van der Waals surface area contributed by atoms with Gasteiger partial charge in [0.25, 0.3) is 0 Å². The van der Waals surface area contributed by atoms with E-state index in [1.165, 1.54) is 0 Å². The third kappa shape index (κ3) is 6.74. The van der Waals surface area contributed by atoms with Gasteiger partial charge in [-0.2, -0.15) is 0 Å². The molecule has 0 aliphatic carbocycles. The predicted molar refractivity (Wildman–Crippen MR) is 114 cm³/mol. The number of rotatable bonds is 10. The van der Waals surface area contributed by atoms with Crippen molar-refractivity contribution in [2.75, 3.05) is 26.4 Å². The van der Waals surface area contributed by atoms with E-state index >= 15 is 4.39 Å². The molecular formula is C21H37FO15. The van der Waals surface area contributed by atoms with Crippen molar-refractivity contribution >= 4 is 0 Å². The standard InChI is InChI=1S/C21H37FO15/c1-2-3-32-19-10(22)18(37-21-17(31)15(29)12(26)8(5-24)35-21)13(27)9(36-19)6-33-20-16(30)14(28)11(25)7(4-23)34-20/h7-21,23-31H,2-6H2,1H3/t7-,8-,9-,10-,11-,12-,13-,14+,15+,16+,17+,18-,19+,20?,21-/m1/s1. The Morgan fingerprint density at radius 1 is 0.622 bits per heavy atom. The topological polar surface area (TPSA) is 237 Å². The number of aliphatic hydroxyl groups is 9. The summed E-state index contributed by atoms with van der Waals surface area (Å²) < 4.78 is 47.5. The van der Waals surface area contributed by atoms with Crippen molar-refractivity contribution in [1.82, 2.24) is 0 Å². The molecule has 37 heavy (non-hydrogen) atoms. The Labute approximate surface area is 211 Å². The third-order valence-electron chi connectivity index (χ3n) is 6.50. The van der Waals surface area contributed by atoms with E-state index in [2.05, 4.69) is 0 Å². The van der Waals surface area contributed by atoms with Crippen LogP contribution in [0.3, 0.4) is 0 Å². The zero-order valence-corrected chi connectivity index (χ0v) is 20.0. The average Bonchev–Trinajstić information content (AvgIpc) is 2.89. The first-order valence-electron chi connectivity index (χ1n) is 12.0. The van der Waals surface area contributed by atoms with Crippen LogP contribution in [0.2, 0.25) is 0 Å². The largest absolute Gasteiger partial charge is 0.394 e. The fourth-order valence-electron chi connectivity index (χ4n) is 4.27. The van der Waals surface area contributed by atoms with Gasteiger partial charge in [-0.05, 0) is 6.42 Å². The Morgan fingerprint density at radius 2 is 1.14 bits per heavy atom. The van der Waals surface area contributed by atoms with Gasteiger partial charge < -0.3 is 74.4 Å². The van der Waals surface area contributed by atoms with Crippen molar-refractivity contribution in [1.29, 1.82) is 0 Å². The van der Waals surface area contributed by atoms with E-state index in [1.807, 2.05) is 0 Å². The molecule has 0 aromatic carbocycles. The number of alkyl halides is 1. The van der Waals surface area contributed by atoms with Crippen LogP contribution in [0, 0.1) is 0 Å². The summed E-state index contributed by atoms with van der Waals surface area (Å²) in [5, 5.41) is 89.7. The highest BCUT2D eigenvalue weighted by Crippen LogP contribution is 2.32. The first kappa shape index (κ1) is 30.9. The van der Waals surface area contributed by atoms with Crippen molar-refractivity contribution in [2.24, 2.45) is 0 Å². The van der Waals surface area contributed by atoms with Crippen molar-refractivity contribution in [3.05, 3.63) is 0 Å². The first-order chi connectivity index (χ1) is 17.5. The number of hydrogen-bond donors (Lipinski definition) is 9. The molecule has 3 fully saturated rings. The van der Waals surface area contributed by atoms with E-state index in [0.29, 0.717) is 6.42 Å². The maximum absolute atomic E-state index is 15.3. The molecule has 3 aliphatic heterocycles. The molecule has 3 saturated heterocycles. The quantitative estimate of drug-likeness (QED) is 0.124. The molecule has 218 valence electrons. The van der Waals surface area contributed by atoms with Crippen LogP contribution < -0.4 is 0 Å². The molecule has 0 aromatic heterocycles. The lowest BCUT2D eigenvalue weighted by Gasteiger charge is -2.46. The summed E-state index contributed by atoms with van der Waals surface area (Å²) in [6, 6.07) is 0. The molecule has 0 spiro atoms. The Hall–Kier alpha value is -0.670. The highest BCUT2D eigenvalue weighted by Gasteiger charge is 2.52. The number of ether oxygens (including phenoxy) is 6. The zero-order chi connectivity index (χ0) is 27.4. The minimum absolute atomic E-state index is 0.0637. The van der Waals surface area contributed by atoms with Crippen LogP contribution in [-0.2, 0) is 28.4 Å². The second-order valence-corrected chi connectivity index (χ2v) is 9.18. The normalized spacial score (nSPS) is 49.2. The molecule has 0 bridgehead atoms. The predicted octanol–water partition coefficient (Wildman–Crippen LogP) is -5.16. The summed E-state index contributed by atoms with van der Waals surface area (Å²) in [7, 11) is 0. The number of aliphatic hydroxyl groups excluding tert-OH is 9. The van der Waals surface area contributed by atoms with Crippen molar-refractivity contribution < 1.29 is 78.8 Å². The monoisotopic (exact) mass is 548 g/mol. The summed E-state index contributed by atoms with van der Waals surface area (Å²) in [4.78, 5) is 0. The fourth-order valence-corrected chi connectivity index (χ4v) is 4.27. The van der Waals surface area contributed by atoms with Crippen LogP contribution in [0.5, 0.6) is 0 Å². The molecule has 9 N–H and O–H groups in total. The molecule has 0 radical (unpaired) electrons. The van der Waals surface area contributed by atoms with Crippen molar-refractivity contribution in [3.8, 4) is 0 Å². The summed E-state index contributed by atoms with van der Waals surface area (Å²) in [6.07, 6.45) is -24.5. The Kier molecular flexibility index (Phi) is 11.3. The molecule has 0 aromatic rings. The minimum atomic E-state index is -2.13. The van der Waals surface area contributed by atoms with Gasteiger partial charge in [0, 0.05) is 6.61 Å². The Balaban J connectivity index is 1.73. The van der Waals surface area contributed by atoms with Gasteiger partial charge in [0.15, 0.2) is 25.0 Å². The second-order valence-electron chi connectivity index (χ2n) is 9.18. The maximum atomic E-state index is 15.3. The third-order valence-corrected chi connectivity index (χ3v) is 6.50. The van der Waals surface area contributed by atoms with Gasteiger partial charge in [0.2, 0.25) is 0 Å². The van der Waals surface area contributed by atoms with Crippen LogP contribution in [0.25, 0.3) is 0 Å².